The third kappa shape index (κ3) is 2.53. The maximum Gasteiger partial charge on any atom is 0.276 e. The molecular weight excluding hydrogens is 182 g/mol. The molecule has 0 fully saturated rings. The van der Waals surface area contributed by atoms with Gasteiger partial charge in [0.2, 0.25) is 0 Å². The summed E-state index contributed by atoms with van der Waals surface area (Å²) in [5.74, 6) is -0.119. The number of aromatic nitrogens is 3. The van der Waals surface area contributed by atoms with Gasteiger partial charge in [-0.1, -0.05) is 6.92 Å². The third-order valence-electron chi connectivity index (χ3n) is 1.81. The molecule has 1 aromatic heterocycles. The van der Waals surface area contributed by atoms with E-state index >= 15 is 0 Å². The largest absolute Gasteiger partial charge is 0.336 e. The summed E-state index contributed by atoms with van der Waals surface area (Å²) in [4.78, 5) is 13.4. The lowest BCUT2D eigenvalue weighted by atomic mass is 10.3. The molecule has 1 amide bonds. The molecule has 3 N–H and O–H groups in total. The Morgan fingerprint density at radius 2 is 2.43 bits per heavy atom. The zero-order valence-electron chi connectivity index (χ0n) is 8.23. The number of amides is 1. The van der Waals surface area contributed by atoms with E-state index < -0.39 is 0 Å². The van der Waals surface area contributed by atoms with Crippen molar-refractivity contribution in [2.45, 2.75) is 13.3 Å². The van der Waals surface area contributed by atoms with Gasteiger partial charge in [-0.3, -0.25) is 4.79 Å². The summed E-state index contributed by atoms with van der Waals surface area (Å²) < 4.78 is 0. The summed E-state index contributed by atoms with van der Waals surface area (Å²) in [6.45, 7) is 3.73. The van der Waals surface area contributed by atoms with Crippen molar-refractivity contribution in [1.29, 1.82) is 0 Å². The van der Waals surface area contributed by atoms with Crippen molar-refractivity contribution in [2.75, 3.05) is 19.6 Å². The van der Waals surface area contributed by atoms with E-state index in [0.29, 0.717) is 25.3 Å². The Labute approximate surface area is 82.5 Å². The molecule has 0 aromatic carbocycles. The Balaban J connectivity index is 2.63. The molecule has 0 atom stereocenters. The second kappa shape index (κ2) is 5.33. The number of carbonyl (C=O) groups is 1. The van der Waals surface area contributed by atoms with Crippen LogP contribution in [-0.4, -0.2) is 45.9 Å². The number of aromatic amines is 1. The Bertz CT molecular complexity index is 265. The molecular formula is C8H15N5O. The van der Waals surface area contributed by atoms with Gasteiger partial charge in [0.15, 0.2) is 5.69 Å². The molecule has 6 nitrogen and oxygen atoms in total. The van der Waals surface area contributed by atoms with E-state index in [1.165, 1.54) is 6.20 Å². The van der Waals surface area contributed by atoms with E-state index in [-0.39, 0.29) is 5.91 Å². The van der Waals surface area contributed by atoms with Crippen LogP contribution >= 0.6 is 0 Å². The summed E-state index contributed by atoms with van der Waals surface area (Å²) in [7, 11) is 0. The Morgan fingerprint density at radius 1 is 1.64 bits per heavy atom. The Kier molecular flexibility index (Phi) is 4.06. The van der Waals surface area contributed by atoms with Crippen molar-refractivity contribution in [2.24, 2.45) is 5.73 Å². The quantitative estimate of drug-likeness (QED) is 0.673. The zero-order chi connectivity index (χ0) is 10.4. The van der Waals surface area contributed by atoms with Crippen LogP contribution in [0.4, 0.5) is 0 Å². The fraction of sp³-hybridized carbons (Fsp3) is 0.625. The first-order chi connectivity index (χ1) is 6.79. The fourth-order valence-corrected chi connectivity index (χ4v) is 1.21. The summed E-state index contributed by atoms with van der Waals surface area (Å²) in [5, 5.41) is 9.74. The van der Waals surface area contributed by atoms with Gasteiger partial charge in [-0.2, -0.15) is 15.4 Å². The first-order valence-corrected chi connectivity index (χ1v) is 4.64. The standard InChI is InChI=1S/C8H15N5O/c1-2-4-13(5-3-9)8(14)7-6-10-12-11-7/h6H,2-5,9H2,1H3,(H,10,11,12). The van der Waals surface area contributed by atoms with Crippen molar-refractivity contribution in [1.82, 2.24) is 20.3 Å². The molecule has 0 bridgehead atoms. The van der Waals surface area contributed by atoms with Crippen LogP contribution in [0.5, 0.6) is 0 Å². The van der Waals surface area contributed by atoms with Crippen LogP contribution in [0.15, 0.2) is 6.20 Å². The SMILES string of the molecule is CCCN(CCN)C(=O)c1cn[nH]n1. The number of nitrogens with two attached hydrogens (primary N) is 1. The van der Waals surface area contributed by atoms with E-state index in [2.05, 4.69) is 15.4 Å². The van der Waals surface area contributed by atoms with Crippen LogP contribution in [0.1, 0.15) is 23.8 Å². The van der Waals surface area contributed by atoms with Gasteiger partial charge in [0.25, 0.3) is 5.91 Å². The zero-order valence-corrected chi connectivity index (χ0v) is 8.23. The molecule has 6 heteroatoms. The molecule has 14 heavy (non-hydrogen) atoms. The summed E-state index contributed by atoms with van der Waals surface area (Å²) in [6.07, 6.45) is 2.32. The van der Waals surface area contributed by atoms with Crippen LogP contribution < -0.4 is 5.73 Å². The Hall–Kier alpha value is -1.43. The van der Waals surface area contributed by atoms with Gasteiger partial charge >= 0.3 is 0 Å². The predicted molar refractivity (Wildman–Crippen MR) is 51.6 cm³/mol. The molecule has 0 spiro atoms. The number of hydrogen-bond donors (Lipinski definition) is 2. The lowest BCUT2D eigenvalue weighted by Gasteiger charge is -2.19. The summed E-state index contributed by atoms with van der Waals surface area (Å²) in [6, 6.07) is 0. The minimum atomic E-state index is -0.119. The topological polar surface area (TPSA) is 87.9 Å². The van der Waals surface area contributed by atoms with Gasteiger partial charge in [0, 0.05) is 19.6 Å². The molecule has 0 aliphatic heterocycles. The van der Waals surface area contributed by atoms with Gasteiger partial charge in [-0.25, -0.2) is 0 Å². The first kappa shape index (κ1) is 10.6. The minimum absolute atomic E-state index is 0.119. The second-order valence-corrected chi connectivity index (χ2v) is 2.94. The number of nitrogens with one attached hydrogen (secondary N) is 1. The van der Waals surface area contributed by atoms with Crippen LogP contribution in [-0.2, 0) is 0 Å². The first-order valence-electron chi connectivity index (χ1n) is 4.64. The molecule has 0 unspecified atom stereocenters. The predicted octanol–water partition coefficient (Wildman–Crippen LogP) is -0.384. The average molecular weight is 197 g/mol. The number of rotatable bonds is 5. The number of H-pyrrole nitrogens is 1. The van der Waals surface area contributed by atoms with Crippen LogP contribution in [0.25, 0.3) is 0 Å². The molecule has 1 heterocycles. The normalized spacial score (nSPS) is 10.1. The van der Waals surface area contributed by atoms with Gasteiger partial charge in [0.05, 0.1) is 6.20 Å². The molecule has 0 saturated heterocycles. The average Bonchev–Trinajstić information content (AvgIpc) is 2.69. The highest BCUT2D eigenvalue weighted by Crippen LogP contribution is 1.99. The summed E-state index contributed by atoms with van der Waals surface area (Å²) >= 11 is 0. The molecule has 0 aliphatic rings. The van der Waals surface area contributed by atoms with Crippen LogP contribution in [0.3, 0.4) is 0 Å². The van der Waals surface area contributed by atoms with E-state index in [1.807, 2.05) is 6.92 Å². The van der Waals surface area contributed by atoms with E-state index in [9.17, 15) is 4.79 Å². The highest BCUT2D eigenvalue weighted by Gasteiger charge is 2.16. The third-order valence-corrected chi connectivity index (χ3v) is 1.81. The maximum atomic E-state index is 11.7. The number of nitrogens with zero attached hydrogens (tertiary/aromatic N) is 3. The van der Waals surface area contributed by atoms with E-state index in [1.54, 1.807) is 4.90 Å². The molecule has 0 saturated carbocycles. The van der Waals surface area contributed by atoms with Crippen molar-refractivity contribution < 1.29 is 4.79 Å². The maximum absolute atomic E-state index is 11.7. The van der Waals surface area contributed by atoms with E-state index in [0.717, 1.165) is 6.42 Å². The van der Waals surface area contributed by atoms with Crippen molar-refractivity contribution in [3.63, 3.8) is 0 Å². The molecule has 0 radical (unpaired) electrons. The van der Waals surface area contributed by atoms with Crippen LogP contribution in [0.2, 0.25) is 0 Å². The molecule has 0 aliphatic carbocycles. The van der Waals surface area contributed by atoms with Crippen molar-refractivity contribution in [3.8, 4) is 0 Å². The number of hydrogen-bond acceptors (Lipinski definition) is 4. The van der Waals surface area contributed by atoms with Gasteiger partial charge in [0.1, 0.15) is 0 Å². The smallest absolute Gasteiger partial charge is 0.276 e. The highest BCUT2D eigenvalue weighted by atomic mass is 16.2. The lowest BCUT2D eigenvalue weighted by Crippen LogP contribution is -2.36. The highest BCUT2D eigenvalue weighted by molar-refractivity contribution is 5.91. The Morgan fingerprint density at radius 3 is 2.93 bits per heavy atom. The van der Waals surface area contributed by atoms with Gasteiger partial charge < -0.3 is 10.6 Å². The van der Waals surface area contributed by atoms with Crippen molar-refractivity contribution >= 4 is 5.91 Å². The van der Waals surface area contributed by atoms with E-state index in [4.69, 9.17) is 5.73 Å². The van der Waals surface area contributed by atoms with Crippen molar-refractivity contribution in [3.05, 3.63) is 11.9 Å². The number of carbonyl (C=O) groups excluding carboxylic acids is 1. The summed E-state index contributed by atoms with van der Waals surface area (Å²) in [5.41, 5.74) is 5.75. The fourth-order valence-electron chi connectivity index (χ4n) is 1.21. The molecule has 1 aromatic rings. The van der Waals surface area contributed by atoms with Gasteiger partial charge in [-0.05, 0) is 6.42 Å². The molecule has 78 valence electrons. The molecule has 1 rings (SSSR count). The second-order valence-electron chi connectivity index (χ2n) is 2.94. The monoisotopic (exact) mass is 197 g/mol. The van der Waals surface area contributed by atoms with Crippen LogP contribution in [0, 0.1) is 0 Å². The van der Waals surface area contributed by atoms with Gasteiger partial charge in [-0.15, -0.1) is 0 Å². The lowest BCUT2D eigenvalue weighted by molar-refractivity contribution is 0.0754. The minimum Gasteiger partial charge on any atom is -0.336 e.